The van der Waals surface area contributed by atoms with Crippen molar-refractivity contribution < 1.29 is 23.5 Å². The van der Waals surface area contributed by atoms with Gasteiger partial charge in [0.05, 0.1) is 0 Å². The highest BCUT2D eigenvalue weighted by Crippen LogP contribution is 2.34. The van der Waals surface area contributed by atoms with Crippen LogP contribution in [0.1, 0.15) is 20.9 Å². The average Bonchev–Trinajstić information content (AvgIpc) is 3.30. The fraction of sp³-hybridized carbons (Fsp3) is 0.0526. The van der Waals surface area contributed by atoms with E-state index in [9.17, 15) is 9.59 Å². The molecule has 1 aliphatic heterocycles. The van der Waals surface area contributed by atoms with Gasteiger partial charge in [-0.1, -0.05) is 6.07 Å². The van der Waals surface area contributed by atoms with Crippen LogP contribution in [0.4, 0.5) is 11.4 Å². The second-order valence-corrected chi connectivity index (χ2v) is 6.44. The Kier molecular flexibility index (Phi) is 4.55. The zero-order valence-corrected chi connectivity index (χ0v) is 15.4. The van der Waals surface area contributed by atoms with Gasteiger partial charge in [-0.05, 0) is 58.4 Å². The highest BCUT2D eigenvalue weighted by molar-refractivity contribution is 9.10. The van der Waals surface area contributed by atoms with E-state index in [1.807, 2.05) is 0 Å². The third-order valence-electron chi connectivity index (χ3n) is 3.81. The summed E-state index contributed by atoms with van der Waals surface area (Å²) in [4.78, 5) is 24.7. The van der Waals surface area contributed by atoms with Gasteiger partial charge < -0.3 is 24.5 Å². The van der Waals surface area contributed by atoms with E-state index in [1.165, 1.54) is 0 Å². The minimum absolute atomic E-state index is 0.164. The Balaban J connectivity index is 1.46. The van der Waals surface area contributed by atoms with Crippen LogP contribution in [-0.2, 0) is 0 Å². The molecule has 0 bridgehead atoms. The minimum Gasteiger partial charge on any atom is -0.454 e. The van der Waals surface area contributed by atoms with Crippen LogP contribution >= 0.6 is 15.9 Å². The van der Waals surface area contributed by atoms with E-state index in [1.54, 1.807) is 54.6 Å². The molecular weight excluding hydrogens is 416 g/mol. The number of hydrogen-bond acceptors (Lipinski definition) is 5. The standard InChI is InChI=1S/C19H13BrN2O5/c20-17-7-6-15(27-17)19(24)22-12-3-1-2-11(8-12)18(23)21-13-4-5-14-16(9-13)26-10-25-14/h1-9H,10H2,(H,21,23)(H,22,24). The summed E-state index contributed by atoms with van der Waals surface area (Å²) in [5.74, 6) is 0.664. The van der Waals surface area contributed by atoms with Gasteiger partial charge in [0, 0.05) is 23.0 Å². The van der Waals surface area contributed by atoms with Gasteiger partial charge in [-0.15, -0.1) is 0 Å². The van der Waals surface area contributed by atoms with Crippen LogP contribution in [0.2, 0.25) is 0 Å². The number of carbonyl (C=O) groups is 2. The van der Waals surface area contributed by atoms with E-state index in [2.05, 4.69) is 26.6 Å². The molecule has 0 radical (unpaired) electrons. The molecule has 0 atom stereocenters. The predicted octanol–water partition coefficient (Wildman–Crippen LogP) is 4.28. The van der Waals surface area contributed by atoms with Crippen molar-refractivity contribution in [1.82, 2.24) is 0 Å². The summed E-state index contributed by atoms with van der Waals surface area (Å²) < 4.78 is 16.2. The number of hydrogen-bond donors (Lipinski definition) is 2. The lowest BCUT2D eigenvalue weighted by Crippen LogP contribution is -2.14. The number of furan rings is 1. The lowest BCUT2D eigenvalue weighted by Gasteiger charge is -2.08. The molecule has 4 rings (SSSR count). The maximum atomic E-state index is 12.5. The fourth-order valence-corrected chi connectivity index (χ4v) is 2.85. The van der Waals surface area contributed by atoms with Crippen molar-refractivity contribution in [3.05, 3.63) is 70.6 Å². The molecule has 2 heterocycles. The second-order valence-electron chi connectivity index (χ2n) is 5.66. The third-order valence-corrected chi connectivity index (χ3v) is 4.24. The monoisotopic (exact) mass is 428 g/mol. The molecular formula is C19H13BrN2O5. The van der Waals surface area contributed by atoms with Crippen LogP contribution < -0.4 is 20.1 Å². The molecule has 0 aliphatic carbocycles. The average molecular weight is 429 g/mol. The van der Waals surface area contributed by atoms with Gasteiger partial charge in [-0.2, -0.15) is 0 Å². The molecule has 27 heavy (non-hydrogen) atoms. The second kappa shape index (κ2) is 7.16. The van der Waals surface area contributed by atoms with E-state index < -0.39 is 5.91 Å². The van der Waals surface area contributed by atoms with Crippen molar-refractivity contribution in [3.63, 3.8) is 0 Å². The lowest BCUT2D eigenvalue weighted by molar-refractivity contribution is 0.0992. The van der Waals surface area contributed by atoms with Gasteiger partial charge in [0.1, 0.15) is 0 Å². The van der Waals surface area contributed by atoms with Gasteiger partial charge in [-0.3, -0.25) is 9.59 Å². The van der Waals surface area contributed by atoms with Crippen molar-refractivity contribution in [2.24, 2.45) is 0 Å². The highest BCUT2D eigenvalue weighted by Gasteiger charge is 2.15. The third kappa shape index (κ3) is 3.80. The van der Waals surface area contributed by atoms with Crippen molar-refractivity contribution in [2.45, 2.75) is 0 Å². The normalized spacial score (nSPS) is 11.9. The molecule has 7 nitrogen and oxygen atoms in total. The van der Waals surface area contributed by atoms with Gasteiger partial charge >= 0.3 is 0 Å². The molecule has 1 aliphatic rings. The maximum absolute atomic E-state index is 12.5. The van der Waals surface area contributed by atoms with E-state index in [0.29, 0.717) is 33.1 Å². The number of amides is 2. The van der Waals surface area contributed by atoms with E-state index in [4.69, 9.17) is 13.9 Å². The molecule has 0 saturated carbocycles. The number of carbonyl (C=O) groups excluding carboxylic acids is 2. The first-order chi connectivity index (χ1) is 13.1. The molecule has 3 aromatic rings. The van der Waals surface area contributed by atoms with E-state index in [0.717, 1.165) is 0 Å². The van der Waals surface area contributed by atoms with Crippen molar-refractivity contribution in [1.29, 1.82) is 0 Å². The van der Waals surface area contributed by atoms with Crippen LogP contribution in [0.15, 0.2) is 63.7 Å². The summed E-state index contributed by atoms with van der Waals surface area (Å²) >= 11 is 3.15. The maximum Gasteiger partial charge on any atom is 0.291 e. The SMILES string of the molecule is O=C(Nc1ccc2c(c1)OCO2)c1cccc(NC(=O)c2ccc(Br)o2)c1. The van der Waals surface area contributed by atoms with Gasteiger partial charge in [0.25, 0.3) is 11.8 Å². The summed E-state index contributed by atoms with van der Waals surface area (Å²) in [7, 11) is 0. The van der Waals surface area contributed by atoms with Crippen LogP contribution in [-0.4, -0.2) is 18.6 Å². The molecule has 0 fully saturated rings. The summed E-state index contributed by atoms with van der Waals surface area (Å²) in [5, 5.41) is 5.49. The molecule has 2 N–H and O–H groups in total. The fourth-order valence-electron chi connectivity index (χ4n) is 2.54. The first kappa shape index (κ1) is 17.2. The van der Waals surface area contributed by atoms with Gasteiger partial charge in [-0.25, -0.2) is 0 Å². The summed E-state index contributed by atoms with van der Waals surface area (Å²) in [6.07, 6.45) is 0. The quantitative estimate of drug-likeness (QED) is 0.647. The topological polar surface area (TPSA) is 89.8 Å². The number of anilines is 2. The number of ether oxygens (including phenoxy) is 2. The molecule has 0 saturated heterocycles. The van der Waals surface area contributed by atoms with Crippen LogP contribution in [0.3, 0.4) is 0 Å². The zero-order valence-electron chi connectivity index (χ0n) is 13.8. The smallest absolute Gasteiger partial charge is 0.291 e. The Labute approximate surface area is 162 Å². The Bertz CT molecular complexity index is 1030. The van der Waals surface area contributed by atoms with Crippen molar-refractivity contribution >= 4 is 39.1 Å². The summed E-state index contributed by atoms with van der Waals surface area (Å²) in [6.45, 7) is 0.167. The number of halogens is 1. The Morgan fingerprint density at radius 3 is 2.44 bits per heavy atom. The number of fused-ring (bicyclic) bond motifs is 1. The van der Waals surface area contributed by atoms with Gasteiger partial charge in [0.2, 0.25) is 6.79 Å². The Morgan fingerprint density at radius 1 is 0.852 bits per heavy atom. The number of rotatable bonds is 4. The number of benzene rings is 2. The highest BCUT2D eigenvalue weighted by atomic mass is 79.9. The minimum atomic E-state index is -0.408. The Hall–Kier alpha value is -3.26. The van der Waals surface area contributed by atoms with Crippen LogP contribution in [0, 0.1) is 0 Å². The Morgan fingerprint density at radius 2 is 1.63 bits per heavy atom. The van der Waals surface area contributed by atoms with Crippen molar-refractivity contribution in [2.75, 3.05) is 17.4 Å². The molecule has 0 unspecified atom stereocenters. The van der Waals surface area contributed by atoms with Crippen LogP contribution in [0.25, 0.3) is 0 Å². The molecule has 0 spiro atoms. The lowest BCUT2D eigenvalue weighted by atomic mass is 10.1. The van der Waals surface area contributed by atoms with Crippen LogP contribution in [0.5, 0.6) is 11.5 Å². The predicted molar refractivity (Wildman–Crippen MR) is 101 cm³/mol. The molecule has 2 amide bonds. The summed E-state index contributed by atoms with van der Waals surface area (Å²) in [6, 6.07) is 14.9. The molecule has 8 heteroatoms. The van der Waals surface area contributed by atoms with E-state index >= 15 is 0 Å². The van der Waals surface area contributed by atoms with Crippen molar-refractivity contribution in [3.8, 4) is 11.5 Å². The molecule has 1 aromatic heterocycles. The molecule has 2 aromatic carbocycles. The number of nitrogens with one attached hydrogen (secondary N) is 2. The zero-order chi connectivity index (χ0) is 18.8. The first-order valence-electron chi connectivity index (χ1n) is 7.96. The summed E-state index contributed by atoms with van der Waals surface area (Å²) in [5.41, 5.74) is 1.45. The molecule has 136 valence electrons. The largest absolute Gasteiger partial charge is 0.454 e. The van der Waals surface area contributed by atoms with E-state index in [-0.39, 0.29) is 18.5 Å². The van der Waals surface area contributed by atoms with Gasteiger partial charge in [0.15, 0.2) is 21.9 Å². The first-order valence-corrected chi connectivity index (χ1v) is 8.75.